The highest BCUT2D eigenvalue weighted by atomic mass is 35.5. The Bertz CT molecular complexity index is 1280. The van der Waals surface area contributed by atoms with Crippen LogP contribution in [0.15, 0.2) is 76.7 Å². The van der Waals surface area contributed by atoms with Crippen molar-refractivity contribution in [3.63, 3.8) is 0 Å². The van der Waals surface area contributed by atoms with E-state index in [0.29, 0.717) is 21.3 Å². The maximum Gasteiger partial charge on any atom is 0.271 e. The summed E-state index contributed by atoms with van der Waals surface area (Å²) in [6.07, 6.45) is 0. The number of rotatable bonds is 6. The maximum absolute atomic E-state index is 12.7. The van der Waals surface area contributed by atoms with E-state index in [9.17, 15) is 13.2 Å². The van der Waals surface area contributed by atoms with Crippen molar-refractivity contribution in [2.24, 2.45) is 5.10 Å². The molecule has 0 bridgehead atoms. The van der Waals surface area contributed by atoms with Crippen LogP contribution in [-0.2, 0) is 10.0 Å². The SMILES string of the molecule is C/C(=N\NC(=O)c1cccc(S(=O)(=O)Nc2ccccc2Cl)c1)c1cc(Cl)ccc1Cl. The van der Waals surface area contributed by atoms with Crippen LogP contribution in [0.4, 0.5) is 5.69 Å². The number of benzene rings is 3. The number of hydrogen-bond acceptors (Lipinski definition) is 4. The average Bonchev–Trinajstić information content (AvgIpc) is 2.75. The van der Waals surface area contributed by atoms with Gasteiger partial charge in [-0.2, -0.15) is 5.10 Å². The highest BCUT2D eigenvalue weighted by Gasteiger charge is 2.18. The van der Waals surface area contributed by atoms with Gasteiger partial charge in [-0.05, 0) is 55.5 Å². The zero-order valence-electron chi connectivity index (χ0n) is 16.1. The topological polar surface area (TPSA) is 87.6 Å². The third-order valence-electron chi connectivity index (χ3n) is 4.17. The molecule has 0 spiro atoms. The van der Waals surface area contributed by atoms with Gasteiger partial charge in [-0.1, -0.05) is 53.0 Å². The molecule has 6 nitrogen and oxygen atoms in total. The van der Waals surface area contributed by atoms with Gasteiger partial charge < -0.3 is 0 Å². The molecular weight excluding hydrogens is 481 g/mol. The first-order chi connectivity index (χ1) is 14.7. The minimum absolute atomic E-state index is 0.0985. The summed E-state index contributed by atoms with van der Waals surface area (Å²) >= 11 is 18.1. The van der Waals surface area contributed by atoms with E-state index in [1.54, 1.807) is 43.3 Å². The highest BCUT2D eigenvalue weighted by Crippen LogP contribution is 2.24. The van der Waals surface area contributed by atoms with Crippen LogP contribution in [-0.4, -0.2) is 20.0 Å². The quantitative estimate of drug-likeness (QED) is 0.344. The molecule has 3 aromatic rings. The van der Waals surface area contributed by atoms with E-state index in [-0.39, 0.29) is 21.2 Å². The fourth-order valence-electron chi connectivity index (χ4n) is 2.59. The van der Waals surface area contributed by atoms with Crippen molar-refractivity contribution >= 4 is 62.1 Å². The number of hydrazone groups is 1. The third-order valence-corrected chi connectivity index (χ3v) is 6.43. The van der Waals surface area contributed by atoms with Crippen molar-refractivity contribution < 1.29 is 13.2 Å². The monoisotopic (exact) mass is 495 g/mol. The second-order valence-corrected chi connectivity index (χ2v) is 9.31. The van der Waals surface area contributed by atoms with Gasteiger partial charge in [0.1, 0.15) is 0 Å². The van der Waals surface area contributed by atoms with E-state index in [0.717, 1.165) is 0 Å². The number of carbonyl (C=O) groups is 1. The molecule has 0 fully saturated rings. The lowest BCUT2D eigenvalue weighted by Crippen LogP contribution is -2.20. The van der Waals surface area contributed by atoms with Crippen LogP contribution >= 0.6 is 34.8 Å². The Balaban J connectivity index is 1.80. The predicted octanol–water partition coefficient (Wildman–Crippen LogP) is 5.60. The Morgan fingerprint density at radius 3 is 2.39 bits per heavy atom. The van der Waals surface area contributed by atoms with Gasteiger partial charge in [0.15, 0.2) is 0 Å². The summed E-state index contributed by atoms with van der Waals surface area (Å²) in [6.45, 7) is 1.66. The molecular formula is C21H16Cl3N3O3S. The summed E-state index contributed by atoms with van der Waals surface area (Å²) in [4.78, 5) is 12.4. The largest absolute Gasteiger partial charge is 0.278 e. The Labute approximate surface area is 194 Å². The Kier molecular flexibility index (Phi) is 7.23. The van der Waals surface area contributed by atoms with Crippen molar-refractivity contribution in [2.45, 2.75) is 11.8 Å². The fourth-order valence-corrected chi connectivity index (χ4v) is 4.38. The lowest BCUT2D eigenvalue weighted by Gasteiger charge is -2.10. The fraction of sp³-hybridized carbons (Fsp3) is 0.0476. The van der Waals surface area contributed by atoms with Crippen molar-refractivity contribution in [3.05, 3.63) is 92.9 Å². The van der Waals surface area contributed by atoms with Gasteiger partial charge >= 0.3 is 0 Å². The van der Waals surface area contributed by atoms with E-state index >= 15 is 0 Å². The highest BCUT2D eigenvalue weighted by molar-refractivity contribution is 7.92. The number of nitrogens with zero attached hydrogens (tertiary/aromatic N) is 1. The van der Waals surface area contributed by atoms with Gasteiger partial charge in [0.2, 0.25) is 0 Å². The first kappa shape index (κ1) is 23.1. The summed E-state index contributed by atoms with van der Waals surface area (Å²) in [7, 11) is -3.96. The number of anilines is 1. The van der Waals surface area contributed by atoms with Crippen molar-refractivity contribution in [1.82, 2.24) is 5.43 Å². The molecule has 0 heterocycles. The van der Waals surface area contributed by atoms with Crippen molar-refractivity contribution in [2.75, 3.05) is 4.72 Å². The zero-order chi connectivity index (χ0) is 22.6. The number of carbonyl (C=O) groups excluding carboxylic acids is 1. The van der Waals surface area contributed by atoms with Crippen LogP contribution in [0.2, 0.25) is 15.1 Å². The number of para-hydroxylation sites is 1. The standard InChI is InChI=1S/C21H16Cl3N3O3S/c1-13(17-12-15(22)9-10-18(17)23)25-26-21(28)14-5-4-6-16(11-14)31(29,30)27-20-8-3-2-7-19(20)24/h2-12,27H,1H3,(H,26,28)/b25-13+. The van der Waals surface area contributed by atoms with Crippen LogP contribution in [0.5, 0.6) is 0 Å². The number of amides is 1. The second-order valence-electron chi connectivity index (χ2n) is 6.38. The minimum atomic E-state index is -3.96. The summed E-state index contributed by atoms with van der Waals surface area (Å²) < 4.78 is 27.8. The Morgan fingerprint density at radius 1 is 0.903 bits per heavy atom. The average molecular weight is 497 g/mol. The Morgan fingerprint density at radius 2 is 1.65 bits per heavy atom. The lowest BCUT2D eigenvalue weighted by atomic mass is 10.1. The molecule has 10 heteroatoms. The van der Waals surface area contributed by atoms with Gasteiger partial charge in [-0.3, -0.25) is 9.52 Å². The summed E-state index contributed by atoms with van der Waals surface area (Å²) in [6, 6.07) is 16.9. The molecule has 31 heavy (non-hydrogen) atoms. The number of halogens is 3. The van der Waals surface area contributed by atoms with E-state index < -0.39 is 15.9 Å². The minimum Gasteiger partial charge on any atom is -0.278 e. The first-order valence-corrected chi connectivity index (χ1v) is 11.5. The molecule has 0 atom stereocenters. The second kappa shape index (κ2) is 9.70. The summed E-state index contributed by atoms with van der Waals surface area (Å²) in [5.41, 5.74) is 3.73. The molecule has 0 saturated heterocycles. The van der Waals surface area contributed by atoms with E-state index in [1.807, 2.05) is 0 Å². The van der Waals surface area contributed by atoms with Gasteiger partial charge in [0.05, 0.1) is 21.3 Å². The first-order valence-electron chi connectivity index (χ1n) is 8.85. The number of sulfonamides is 1. The third kappa shape index (κ3) is 5.77. The molecule has 0 aliphatic heterocycles. The van der Waals surface area contributed by atoms with Crippen LogP contribution in [0, 0.1) is 0 Å². The van der Waals surface area contributed by atoms with Crippen molar-refractivity contribution in [3.8, 4) is 0 Å². The smallest absolute Gasteiger partial charge is 0.271 e. The number of nitrogens with one attached hydrogen (secondary N) is 2. The summed E-state index contributed by atoms with van der Waals surface area (Å²) in [5.74, 6) is -0.590. The molecule has 3 aromatic carbocycles. The molecule has 2 N–H and O–H groups in total. The van der Waals surface area contributed by atoms with E-state index in [2.05, 4.69) is 15.2 Å². The molecule has 0 aliphatic carbocycles. The molecule has 3 rings (SSSR count). The molecule has 1 amide bonds. The molecule has 0 unspecified atom stereocenters. The van der Waals surface area contributed by atoms with Crippen LogP contribution in [0.1, 0.15) is 22.8 Å². The van der Waals surface area contributed by atoms with E-state index in [4.69, 9.17) is 34.8 Å². The van der Waals surface area contributed by atoms with Crippen LogP contribution in [0.25, 0.3) is 0 Å². The molecule has 0 aromatic heterocycles. The Hall–Kier alpha value is -2.58. The summed E-state index contributed by atoms with van der Waals surface area (Å²) in [5, 5.41) is 5.19. The van der Waals surface area contributed by atoms with Crippen LogP contribution in [0.3, 0.4) is 0 Å². The van der Waals surface area contributed by atoms with Gasteiger partial charge in [0.25, 0.3) is 15.9 Å². The normalized spacial score (nSPS) is 11.8. The molecule has 0 aliphatic rings. The lowest BCUT2D eigenvalue weighted by molar-refractivity contribution is 0.0954. The van der Waals surface area contributed by atoms with Gasteiger partial charge in [-0.15, -0.1) is 0 Å². The number of hydrogen-bond donors (Lipinski definition) is 2. The molecule has 0 radical (unpaired) electrons. The zero-order valence-corrected chi connectivity index (χ0v) is 19.1. The van der Waals surface area contributed by atoms with Gasteiger partial charge in [-0.25, -0.2) is 13.8 Å². The molecule has 160 valence electrons. The van der Waals surface area contributed by atoms with Crippen molar-refractivity contribution in [1.29, 1.82) is 0 Å². The van der Waals surface area contributed by atoms with Gasteiger partial charge in [0, 0.05) is 21.2 Å². The van der Waals surface area contributed by atoms with Crippen LogP contribution < -0.4 is 10.1 Å². The maximum atomic E-state index is 12.7. The molecule has 0 saturated carbocycles. The van der Waals surface area contributed by atoms with E-state index in [1.165, 1.54) is 30.3 Å². The predicted molar refractivity (Wildman–Crippen MR) is 125 cm³/mol.